The number of nitrogens with zero attached hydrogens (tertiary/aromatic N) is 2. The molecule has 0 bridgehead atoms. The van der Waals surface area contributed by atoms with Crippen LogP contribution in [0.5, 0.6) is 0 Å². The summed E-state index contributed by atoms with van der Waals surface area (Å²) in [5.74, 6) is -0.670. The minimum Gasteiger partial charge on any atom is -0.342 e. The summed E-state index contributed by atoms with van der Waals surface area (Å²) in [6.45, 7) is 3.68. The number of rotatable bonds is 6. The summed E-state index contributed by atoms with van der Waals surface area (Å²) >= 11 is 2.11. The van der Waals surface area contributed by atoms with E-state index >= 15 is 0 Å². The predicted molar refractivity (Wildman–Crippen MR) is 99.3 cm³/mol. The van der Waals surface area contributed by atoms with Crippen molar-refractivity contribution in [1.29, 1.82) is 0 Å². The van der Waals surface area contributed by atoms with Gasteiger partial charge in [-0.3, -0.25) is 25.0 Å². The maximum absolute atomic E-state index is 12.4. The Labute approximate surface area is 156 Å². The van der Waals surface area contributed by atoms with Crippen LogP contribution in [0.4, 0.5) is 11.4 Å². The van der Waals surface area contributed by atoms with E-state index in [4.69, 9.17) is 0 Å². The van der Waals surface area contributed by atoms with Gasteiger partial charge < -0.3 is 5.32 Å². The molecule has 1 atom stereocenters. The molecular weight excluding hydrogens is 441 g/mol. The van der Waals surface area contributed by atoms with Gasteiger partial charge in [0.15, 0.2) is 0 Å². The van der Waals surface area contributed by atoms with Crippen molar-refractivity contribution in [3.8, 4) is 0 Å². The number of halogens is 1. The van der Waals surface area contributed by atoms with Gasteiger partial charge in [-0.05, 0) is 34.2 Å². The number of carbonyl (C=O) groups is 1. The van der Waals surface area contributed by atoms with Gasteiger partial charge in [-0.2, -0.15) is 0 Å². The Morgan fingerprint density at radius 1 is 1.12 bits per heavy atom. The van der Waals surface area contributed by atoms with E-state index in [-0.39, 0.29) is 5.56 Å². The molecule has 9 heteroatoms. The molecule has 1 unspecified atom stereocenters. The number of benzene rings is 2. The average molecular weight is 453 g/mol. The van der Waals surface area contributed by atoms with E-state index < -0.39 is 33.2 Å². The van der Waals surface area contributed by atoms with Gasteiger partial charge >= 0.3 is 0 Å². The maximum Gasteiger partial charge on any atom is 0.277 e. The Kier molecular flexibility index (Phi) is 5.80. The van der Waals surface area contributed by atoms with E-state index in [0.29, 0.717) is 0 Å². The standard InChI is InChI=1S/C16H12IN3O5/c1-2-15(13-5-3-4-6-14(13)17)18-16(21)10-7-11(19(22)23)9-12(8-10)20(24)25/h2-9,15H,1H2,(H,18,21). The molecule has 0 heterocycles. The lowest BCUT2D eigenvalue weighted by atomic mass is 10.1. The van der Waals surface area contributed by atoms with Gasteiger partial charge in [0, 0.05) is 15.7 Å². The normalized spacial score (nSPS) is 11.4. The minimum absolute atomic E-state index is 0.168. The molecule has 0 saturated heterocycles. The van der Waals surface area contributed by atoms with Crippen LogP contribution in [0, 0.1) is 23.8 Å². The second-order valence-electron chi connectivity index (χ2n) is 4.96. The molecule has 0 aromatic heterocycles. The summed E-state index contributed by atoms with van der Waals surface area (Å²) in [5.41, 5.74) is -0.419. The van der Waals surface area contributed by atoms with Gasteiger partial charge in [0.05, 0.1) is 27.5 Å². The number of amides is 1. The van der Waals surface area contributed by atoms with Crippen LogP contribution in [0.15, 0.2) is 55.1 Å². The summed E-state index contributed by atoms with van der Waals surface area (Å²) in [7, 11) is 0. The Balaban J connectivity index is 2.36. The number of carbonyl (C=O) groups excluding carboxylic acids is 1. The molecule has 25 heavy (non-hydrogen) atoms. The fourth-order valence-electron chi connectivity index (χ4n) is 2.15. The third kappa shape index (κ3) is 4.38. The molecule has 128 valence electrons. The lowest BCUT2D eigenvalue weighted by Crippen LogP contribution is -2.27. The first-order valence-corrected chi connectivity index (χ1v) is 8.03. The van der Waals surface area contributed by atoms with Crippen LogP contribution in [-0.4, -0.2) is 15.8 Å². The van der Waals surface area contributed by atoms with Gasteiger partial charge in [-0.25, -0.2) is 0 Å². The number of nitro groups is 2. The van der Waals surface area contributed by atoms with Crippen LogP contribution in [0.3, 0.4) is 0 Å². The van der Waals surface area contributed by atoms with Gasteiger partial charge in [0.2, 0.25) is 0 Å². The number of non-ortho nitro benzene ring substituents is 2. The zero-order valence-corrected chi connectivity index (χ0v) is 14.9. The smallest absolute Gasteiger partial charge is 0.277 e. The summed E-state index contributed by atoms with van der Waals surface area (Å²) in [6.07, 6.45) is 1.52. The Bertz CT molecular complexity index is 836. The molecule has 0 saturated carbocycles. The van der Waals surface area contributed by atoms with E-state index in [2.05, 4.69) is 34.5 Å². The van der Waals surface area contributed by atoms with Crippen LogP contribution in [0.1, 0.15) is 22.0 Å². The van der Waals surface area contributed by atoms with Gasteiger partial charge in [-0.1, -0.05) is 24.3 Å². The second kappa shape index (κ2) is 7.83. The van der Waals surface area contributed by atoms with Crippen molar-refractivity contribution in [1.82, 2.24) is 5.32 Å². The summed E-state index contributed by atoms with van der Waals surface area (Å²) in [4.78, 5) is 32.7. The lowest BCUT2D eigenvalue weighted by Gasteiger charge is -2.16. The fourth-order valence-corrected chi connectivity index (χ4v) is 2.88. The Morgan fingerprint density at radius 3 is 2.16 bits per heavy atom. The monoisotopic (exact) mass is 453 g/mol. The first kappa shape index (κ1) is 18.5. The molecule has 8 nitrogen and oxygen atoms in total. The van der Waals surface area contributed by atoms with Crippen molar-refractivity contribution >= 4 is 39.9 Å². The molecule has 1 amide bonds. The SMILES string of the molecule is C=CC(NC(=O)c1cc([N+](=O)[O-])cc([N+](=O)[O-])c1)c1ccccc1I. The van der Waals surface area contributed by atoms with E-state index in [1.807, 2.05) is 18.2 Å². The van der Waals surface area contributed by atoms with Crippen molar-refractivity contribution in [2.45, 2.75) is 6.04 Å². The third-order valence-electron chi connectivity index (χ3n) is 3.35. The van der Waals surface area contributed by atoms with Gasteiger partial charge in [0.1, 0.15) is 0 Å². The zero-order chi connectivity index (χ0) is 18.6. The van der Waals surface area contributed by atoms with Crippen molar-refractivity contribution in [3.63, 3.8) is 0 Å². The first-order chi connectivity index (χ1) is 11.8. The number of hydrogen-bond acceptors (Lipinski definition) is 5. The lowest BCUT2D eigenvalue weighted by molar-refractivity contribution is -0.394. The molecule has 2 aromatic rings. The van der Waals surface area contributed by atoms with Crippen LogP contribution in [-0.2, 0) is 0 Å². The highest BCUT2D eigenvalue weighted by Gasteiger charge is 2.21. The zero-order valence-electron chi connectivity index (χ0n) is 12.7. The summed E-state index contributed by atoms with van der Waals surface area (Å²) in [6, 6.07) is 9.58. The first-order valence-electron chi connectivity index (χ1n) is 6.95. The summed E-state index contributed by atoms with van der Waals surface area (Å²) < 4.78 is 0.898. The highest BCUT2D eigenvalue weighted by Crippen LogP contribution is 2.25. The number of nitro benzene ring substituents is 2. The van der Waals surface area contributed by atoms with E-state index in [1.165, 1.54) is 6.08 Å². The van der Waals surface area contributed by atoms with Crippen LogP contribution >= 0.6 is 22.6 Å². The highest BCUT2D eigenvalue weighted by molar-refractivity contribution is 14.1. The molecule has 0 aliphatic heterocycles. The third-order valence-corrected chi connectivity index (χ3v) is 4.33. The van der Waals surface area contributed by atoms with Gasteiger partial charge in [0.25, 0.3) is 17.3 Å². The van der Waals surface area contributed by atoms with Crippen molar-refractivity contribution in [2.24, 2.45) is 0 Å². The molecule has 2 aromatic carbocycles. The fraction of sp³-hybridized carbons (Fsp3) is 0.0625. The van der Waals surface area contributed by atoms with E-state index in [0.717, 1.165) is 27.3 Å². The van der Waals surface area contributed by atoms with E-state index in [1.54, 1.807) is 6.07 Å². The summed E-state index contributed by atoms with van der Waals surface area (Å²) in [5, 5.41) is 24.5. The Morgan fingerprint density at radius 2 is 1.68 bits per heavy atom. The molecular formula is C16H12IN3O5. The average Bonchev–Trinajstić information content (AvgIpc) is 2.59. The number of nitrogens with one attached hydrogen (secondary N) is 1. The molecule has 0 aliphatic rings. The van der Waals surface area contributed by atoms with Crippen LogP contribution in [0.25, 0.3) is 0 Å². The largest absolute Gasteiger partial charge is 0.342 e. The molecule has 0 aliphatic carbocycles. The molecule has 0 fully saturated rings. The predicted octanol–water partition coefficient (Wildman–Crippen LogP) is 3.76. The molecule has 2 rings (SSSR count). The van der Waals surface area contributed by atoms with Crippen LogP contribution in [0.2, 0.25) is 0 Å². The highest BCUT2D eigenvalue weighted by atomic mass is 127. The van der Waals surface area contributed by atoms with E-state index in [9.17, 15) is 25.0 Å². The molecule has 0 radical (unpaired) electrons. The topological polar surface area (TPSA) is 115 Å². The minimum atomic E-state index is -0.783. The van der Waals surface area contributed by atoms with Crippen LogP contribution < -0.4 is 5.32 Å². The van der Waals surface area contributed by atoms with Gasteiger partial charge in [-0.15, -0.1) is 6.58 Å². The maximum atomic E-state index is 12.4. The second-order valence-corrected chi connectivity index (χ2v) is 6.12. The quantitative estimate of drug-likeness (QED) is 0.310. The molecule has 1 N–H and O–H groups in total. The Hall–Kier alpha value is -2.82. The van der Waals surface area contributed by atoms with Crippen molar-refractivity contribution in [3.05, 3.63) is 90.0 Å². The molecule has 0 spiro atoms. The van der Waals surface area contributed by atoms with Crippen molar-refractivity contribution in [2.75, 3.05) is 0 Å². The number of hydrogen-bond donors (Lipinski definition) is 1. The van der Waals surface area contributed by atoms with Crippen molar-refractivity contribution < 1.29 is 14.6 Å².